The molecule has 0 saturated carbocycles. The Balaban J connectivity index is 1.85. The molecule has 1 aliphatic heterocycles. The number of aromatic hydroxyl groups is 1. The molecule has 1 atom stereocenters. The molecule has 0 spiro atoms. The number of hydrogen-bond acceptors (Lipinski definition) is 5. The number of sulfone groups is 1. The van der Waals surface area contributed by atoms with Gasteiger partial charge in [-0.3, -0.25) is 9.78 Å². The topological polar surface area (TPSA) is 87.6 Å². The molecule has 2 aromatic rings. The summed E-state index contributed by atoms with van der Waals surface area (Å²) in [6, 6.07) is 7.08. The van der Waals surface area contributed by atoms with Crippen LogP contribution >= 0.6 is 0 Å². The van der Waals surface area contributed by atoms with E-state index in [0.29, 0.717) is 0 Å². The molecule has 1 aromatic heterocycles. The van der Waals surface area contributed by atoms with Crippen molar-refractivity contribution in [2.24, 2.45) is 0 Å². The van der Waals surface area contributed by atoms with Crippen LogP contribution in [0.5, 0.6) is 5.75 Å². The smallest absolute Gasteiger partial charge is 0.255 e. The molecular weight excluding hydrogens is 347 g/mol. The van der Waals surface area contributed by atoms with Gasteiger partial charge in [0.25, 0.3) is 5.91 Å². The second-order valence-corrected chi connectivity index (χ2v) is 8.19. The Kier molecular flexibility index (Phi) is 4.71. The predicted molar refractivity (Wildman–Crippen MR) is 89.4 cm³/mol. The minimum atomic E-state index is -3.59. The minimum absolute atomic E-state index is 0.0157. The number of hydrogen-bond donors (Lipinski definition) is 1. The van der Waals surface area contributed by atoms with Gasteiger partial charge in [-0.05, 0) is 18.6 Å². The summed E-state index contributed by atoms with van der Waals surface area (Å²) < 4.78 is 39.1. The second kappa shape index (κ2) is 6.79. The Bertz CT molecular complexity index is 901. The fourth-order valence-corrected chi connectivity index (χ4v) is 4.76. The highest BCUT2D eigenvalue weighted by molar-refractivity contribution is 7.91. The number of rotatable bonds is 2. The van der Waals surface area contributed by atoms with E-state index in [9.17, 15) is 22.7 Å². The van der Waals surface area contributed by atoms with E-state index in [1.807, 2.05) is 0 Å². The van der Waals surface area contributed by atoms with E-state index >= 15 is 0 Å². The van der Waals surface area contributed by atoms with Gasteiger partial charge in [0.1, 0.15) is 11.6 Å². The molecule has 0 radical (unpaired) electrons. The van der Waals surface area contributed by atoms with Crippen LogP contribution in [0.15, 0.2) is 42.7 Å². The lowest BCUT2D eigenvalue weighted by atomic mass is 10.1. The fraction of sp³-hybridized carbons (Fsp3) is 0.294. The molecule has 1 N–H and O–H groups in total. The number of carbonyl (C=O) groups is 1. The van der Waals surface area contributed by atoms with Crippen molar-refractivity contribution in [1.29, 1.82) is 0 Å². The minimum Gasteiger partial charge on any atom is -0.506 e. The van der Waals surface area contributed by atoms with Crippen LogP contribution in [-0.2, 0) is 9.84 Å². The summed E-state index contributed by atoms with van der Waals surface area (Å²) >= 11 is 0. The highest BCUT2D eigenvalue weighted by Crippen LogP contribution is 2.31. The third-order valence-electron chi connectivity index (χ3n) is 4.25. The lowest BCUT2D eigenvalue weighted by molar-refractivity contribution is 0.0765. The van der Waals surface area contributed by atoms with Crippen LogP contribution in [0.1, 0.15) is 27.6 Å². The maximum Gasteiger partial charge on any atom is 0.255 e. The molecule has 25 heavy (non-hydrogen) atoms. The number of nitrogens with zero attached hydrogens (tertiary/aromatic N) is 2. The molecule has 0 bridgehead atoms. The SMILES string of the molecule is O=C(c1cncc(O)c1)N1CCC(c2ccccc2F)S(=O)(=O)CC1. The molecular formula is C17H17FN2O4S. The van der Waals surface area contributed by atoms with E-state index in [0.717, 1.165) is 0 Å². The summed E-state index contributed by atoms with van der Waals surface area (Å²) in [7, 11) is -3.59. The molecule has 8 heteroatoms. The van der Waals surface area contributed by atoms with Gasteiger partial charge in [0.2, 0.25) is 0 Å². The van der Waals surface area contributed by atoms with Crippen LogP contribution in [0.25, 0.3) is 0 Å². The standard InChI is InChI=1S/C17H17FN2O4S/c18-15-4-2-1-3-14(15)16-5-6-20(7-8-25(16,23)24)17(22)12-9-13(21)11-19-10-12/h1-4,9-11,16,21H,5-8H2. The molecule has 6 nitrogen and oxygen atoms in total. The number of amides is 1. The van der Waals surface area contributed by atoms with Crippen LogP contribution in [0.4, 0.5) is 4.39 Å². The summed E-state index contributed by atoms with van der Waals surface area (Å²) in [5.41, 5.74) is 0.317. The molecule has 3 rings (SSSR count). The second-order valence-electron chi connectivity index (χ2n) is 5.89. The van der Waals surface area contributed by atoms with Gasteiger partial charge in [0.05, 0.1) is 22.8 Å². The summed E-state index contributed by atoms with van der Waals surface area (Å²) in [5, 5.41) is 8.47. The zero-order chi connectivity index (χ0) is 18.0. The first-order valence-electron chi connectivity index (χ1n) is 7.78. The van der Waals surface area contributed by atoms with E-state index in [1.54, 1.807) is 6.07 Å². The lowest BCUT2D eigenvalue weighted by Crippen LogP contribution is -2.33. The summed E-state index contributed by atoms with van der Waals surface area (Å²) in [6.45, 7) is 0.189. The first kappa shape index (κ1) is 17.3. The van der Waals surface area contributed by atoms with Crippen molar-refractivity contribution >= 4 is 15.7 Å². The third kappa shape index (κ3) is 3.63. The van der Waals surface area contributed by atoms with E-state index in [2.05, 4.69) is 4.98 Å². The molecule has 132 valence electrons. The van der Waals surface area contributed by atoms with Crippen LogP contribution in [0.3, 0.4) is 0 Å². The van der Waals surface area contributed by atoms with Gasteiger partial charge in [-0.25, -0.2) is 12.8 Å². The van der Waals surface area contributed by atoms with Crippen LogP contribution < -0.4 is 0 Å². The Morgan fingerprint density at radius 1 is 1.24 bits per heavy atom. The van der Waals surface area contributed by atoms with Crippen molar-refractivity contribution in [1.82, 2.24) is 9.88 Å². The molecule has 2 heterocycles. The van der Waals surface area contributed by atoms with Crippen LogP contribution in [0.2, 0.25) is 0 Å². The molecule has 0 aliphatic carbocycles. The first-order valence-corrected chi connectivity index (χ1v) is 9.49. The molecule has 1 saturated heterocycles. The van der Waals surface area contributed by atoms with Crippen LogP contribution in [-0.4, -0.2) is 48.2 Å². The Morgan fingerprint density at radius 2 is 2.00 bits per heavy atom. The zero-order valence-electron chi connectivity index (χ0n) is 13.3. The van der Waals surface area contributed by atoms with Crippen molar-refractivity contribution in [3.8, 4) is 5.75 Å². The number of benzene rings is 1. The number of aromatic nitrogens is 1. The van der Waals surface area contributed by atoms with E-state index in [1.165, 1.54) is 41.6 Å². The molecule has 1 fully saturated rings. The Hall–Kier alpha value is -2.48. The van der Waals surface area contributed by atoms with Crippen molar-refractivity contribution in [2.45, 2.75) is 11.7 Å². The average molecular weight is 364 g/mol. The summed E-state index contributed by atoms with van der Waals surface area (Å²) in [6.07, 6.45) is 2.63. The van der Waals surface area contributed by atoms with Crippen LogP contribution in [0, 0.1) is 5.82 Å². The molecule has 1 unspecified atom stereocenters. The van der Waals surface area contributed by atoms with E-state index in [4.69, 9.17) is 0 Å². The van der Waals surface area contributed by atoms with Gasteiger partial charge >= 0.3 is 0 Å². The number of pyridine rings is 1. The quantitative estimate of drug-likeness (QED) is 0.880. The molecule has 1 amide bonds. The largest absolute Gasteiger partial charge is 0.506 e. The number of halogens is 1. The van der Waals surface area contributed by atoms with Crippen molar-refractivity contribution in [3.63, 3.8) is 0 Å². The van der Waals surface area contributed by atoms with Gasteiger partial charge in [0, 0.05) is 24.8 Å². The van der Waals surface area contributed by atoms with Gasteiger partial charge in [-0.2, -0.15) is 0 Å². The van der Waals surface area contributed by atoms with E-state index < -0.39 is 26.8 Å². The molecule has 1 aromatic carbocycles. The highest BCUT2D eigenvalue weighted by Gasteiger charge is 2.34. The maximum atomic E-state index is 14.0. The highest BCUT2D eigenvalue weighted by atomic mass is 32.2. The Labute approximate surface area is 144 Å². The molecule has 1 aliphatic rings. The van der Waals surface area contributed by atoms with Crippen molar-refractivity contribution in [3.05, 3.63) is 59.7 Å². The summed E-state index contributed by atoms with van der Waals surface area (Å²) in [4.78, 5) is 17.7. The zero-order valence-corrected chi connectivity index (χ0v) is 14.1. The van der Waals surface area contributed by atoms with E-state index in [-0.39, 0.29) is 42.1 Å². The van der Waals surface area contributed by atoms with Gasteiger partial charge in [-0.1, -0.05) is 18.2 Å². The normalized spacial score (nSPS) is 20.0. The third-order valence-corrected chi connectivity index (χ3v) is 6.36. The monoisotopic (exact) mass is 364 g/mol. The van der Waals surface area contributed by atoms with Gasteiger partial charge < -0.3 is 10.0 Å². The Morgan fingerprint density at radius 3 is 2.72 bits per heavy atom. The average Bonchev–Trinajstić information content (AvgIpc) is 2.73. The van der Waals surface area contributed by atoms with Gasteiger partial charge in [-0.15, -0.1) is 0 Å². The van der Waals surface area contributed by atoms with Gasteiger partial charge in [0.15, 0.2) is 9.84 Å². The summed E-state index contributed by atoms with van der Waals surface area (Å²) in [5.74, 6) is -1.36. The fourth-order valence-electron chi connectivity index (χ4n) is 2.96. The van der Waals surface area contributed by atoms with Crippen molar-refractivity contribution in [2.75, 3.05) is 18.8 Å². The first-order chi connectivity index (χ1) is 11.9. The lowest BCUT2D eigenvalue weighted by Gasteiger charge is -2.20. The maximum absolute atomic E-state index is 14.0. The predicted octanol–water partition coefficient (Wildman–Crippen LogP) is 1.93. The number of carbonyl (C=O) groups excluding carboxylic acids is 1. The van der Waals surface area contributed by atoms with Crippen molar-refractivity contribution < 1.29 is 22.7 Å².